The second-order valence-electron chi connectivity index (χ2n) is 4.26. The first kappa shape index (κ1) is 10.4. The maximum absolute atomic E-state index is 13.8. The first-order valence-electron chi connectivity index (χ1n) is 5.20. The van der Waals surface area contributed by atoms with Gasteiger partial charge in [0, 0.05) is 17.0 Å². The first-order chi connectivity index (χ1) is 7.12. The summed E-state index contributed by atoms with van der Waals surface area (Å²) in [7, 11) is 1.57. The number of halogens is 1. The number of methoxy groups -OCH3 is 1. The molecule has 1 aromatic rings. The number of rotatable bonds is 3. The van der Waals surface area contributed by atoms with Crippen molar-refractivity contribution in [3.63, 3.8) is 0 Å². The van der Waals surface area contributed by atoms with E-state index in [1.165, 1.54) is 6.07 Å². The van der Waals surface area contributed by atoms with Gasteiger partial charge in [-0.3, -0.25) is 0 Å². The smallest absolute Gasteiger partial charge is 0.130 e. The Hall–Kier alpha value is -1.09. The van der Waals surface area contributed by atoms with Crippen molar-refractivity contribution in [1.82, 2.24) is 0 Å². The van der Waals surface area contributed by atoms with Crippen molar-refractivity contribution in [3.8, 4) is 5.75 Å². The molecule has 2 rings (SSSR count). The van der Waals surface area contributed by atoms with Crippen LogP contribution in [0.1, 0.15) is 25.3 Å². The number of nitrogens with two attached hydrogens (primary N) is 1. The van der Waals surface area contributed by atoms with E-state index in [4.69, 9.17) is 10.5 Å². The van der Waals surface area contributed by atoms with Crippen molar-refractivity contribution < 1.29 is 9.13 Å². The Bertz CT molecular complexity index is 372. The predicted molar refractivity (Wildman–Crippen MR) is 57.5 cm³/mol. The van der Waals surface area contributed by atoms with Gasteiger partial charge in [0.25, 0.3) is 0 Å². The summed E-state index contributed by atoms with van der Waals surface area (Å²) in [5.41, 5.74) is 6.39. The Balaban J connectivity index is 2.51. The topological polar surface area (TPSA) is 35.2 Å². The molecule has 1 fully saturated rings. The Morgan fingerprint density at radius 3 is 2.60 bits per heavy atom. The van der Waals surface area contributed by atoms with Crippen molar-refractivity contribution in [1.29, 1.82) is 0 Å². The van der Waals surface area contributed by atoms with Gasteiger partial charge < -0.3 is 10.5 Å². The third-order valence-corrected chi connectivity index (χ3v) is 3.35. The maximum atomic E-state index is 13.8. The Kier molecular flexibility index (Phi) is 2.43. The zero-order chi connectivity index (χ0) is 11.1. The lowest BCUT2D eigenvalue weighted by Gasteiger charge is -2.22. The molecule has 2 N–H and O–H groups in total. The summed E-state index contributed by atoms with van der Waals surface area (Å²) >= 11 is 0. The predicted octanol–water partition coefficient (Wildman–Crippen LogP) is 2.21. The van der Waals surface area contributed by atoms with Gasteiger partial charge in [0.2, 0.25) is 0 Å². The standard InChI is InChI=1S/C12H16FNO/c1-8(14)12(6-7-12)11-9(13)4-3-5-10(11)15-2/h3-5,8H,6-7,14H2,1-2H3. The van der Waals surface area contributed by atoms with E-state index in [9.17, 15) is 4.39 Å². The van der Waals surface area contributed by atoms with Crippen LogP contribution in [0.2, 0.25) is 0 Å². The van der Waals surface area contributed by atoms with Gasteiger partial charge >= 0.3 is 0 Å². The summed E-state index contributed by atoms with van der Waals surface area (Å²) in [5.74, 6) is 0.411. The van der Waals surface area contributed by atoms with Gasteiger partial charge in [0.15, 0.2) is 0 Å². The van der Waals surface area contributed by atoms with Gasteiger partial charge in [0.05, 0.1) is 7.11 Å². The Labute approximate surface area is 89.2 Å². The summed E-state index contributed by atoms with van der Waals surface area (Å²) in [5, 5.41) is 0. The van der Waals surface area contributed by atoms with Crippen LogP contribution in [0, 0.1) is 5.82 Å². The normalized spacial score (nSPS) is 19.7. The fourth-order valence-corrected chi connectivity index (χ4v) is 2.23. The molecule has 1 saturated carbocycles. The molecule has 0 aromatic heterocycles. The minimum atomic E-state index is -0.204. The van der Waals surface area contributed by atoms with E-state index in [-0.39, 0.29) is 17.3 Å². The minimum Gasteiger partial charge on any atom is -0.496 e. The van der Waals surface area contributed by atoms with Crippen LogP contribution in [0.4, 0.5) is 4.39 Å². The van der Waals surface area contributed by atoms with E-state index in [0.29, 0.717) is 11.3 Å². The van der Waals surface area contributed by atoms with Crippen molar-refractivity contribution in [2.45, 2.75) is 31.2 Å². The Morgan fingerprint density at radius 1 is 1.47 bits per heavy atom. The van der Waals surface area contributed by atoms with Gasteiger partial charge in [0.1, 0.15) is 11.6 Å². The van der Waals surface area contributed by atoms with Gasteiger partial charge in [-0.25, -0.2) is 4.39 Å². The number of benzene rings is 1. The average Bonchev–Trinajstić information content (AvgIpc) is 2.98. The highest BCUT2D eigenvalue weighted by Gasteiger charge is 2.50. The summed E-state index contributed by atoms with van der Waals surface area (Å²) in [4.78, 5) is 0. The first-order valence-corrected chi connectivity index (χ1v) is 5.20. The van der Waals surface area contributed by atoms with E-state index in [1.807, 2.05) is 6.92 Å². The largest absolute Gasteiger partial charge is 0.496 e. The summed E-state index contributed by atoms with van der Waals surface area (Å²) < 4.78 is 19.0. The van der Waals surface area contributed by atoms with Crippen LogP contribution in [-0.4, -0.2) is 13.2 Å². The molecule has 1 aromatic carbocycles. The molecule has 1 aliphatic rings. The van der Waals surface area contributed by atoms with E-state index in [1.54, 1.807) is 19.2 Å². The van der Waals surface area contributed by atoms with Gasteiger partial charge in [-0.2, -0.15) is 0 Å². The van der Waals surface area contributed by atoms with E-state index < -0.39 is 0 Å². The molecule has 0 aliphatic heterocycles. The fourth-order valence-electron chi connectivity index (χ4n) is 2.23. The second-order valence-corrected chi connectivity index (χ2v) is 4.26. The number of ether oxygens (including phenoxy) is 1. The van der Waals surface area contributed by atoms with Crippen LogP contribution in [0.15, 0.2) is 18.2 Å². The molecule has 1 unspecified atom stereocenters. The molecular weight excluding hydrogens is 193 g/mol. The molecule has 2 nitrogen and oxygen atoms in total. The van der Waals surface area contributed by atoms with Crippen LogP contribution in [-0.2, 0) is 5.41 Å². The molecule has 3 heteroatoms. The van der Waals surface area contributed by atoms with Crippen LogP contribution in [0.3, 0.4) is 0 Å². The monoisotopic (exact) mass is 209 g/mol. The average molecular weight is 209 g/mol. The molecule has 0 heterocycles. The third-order valence-electron chi connectivity index (χ3n) is 3.35. The zero-order valence-electron chi connectivity index (χ0n) is 9.09. The molecule has 1 atom stereocenters. The van der Waals surface area contributed by atoms with Crippen molar-refractivity contribution in [3.05, 3.63) is 29.6 Å². The van der Waals surface area contributed by atoms with Gasteiger partial charge in [-0.1, -0.05) is 6.07 Å². The quantitative estimate of drug-likeness (QED) is 0.828. The molecule has 82 valence electrons. The molecule has 0 amide bonds. The highest BCUT2D eigenvalue weighted by Crippen LogP contribution is 2.53. The van der Waals surface area contributed by atoms with E-state index in [0.717, 1.165) is 12.8 Å². The maximum Gasteiger partial charge on any atom is 0.130 e. The lowest BCUT2D eigenvalue weighted by atomic mass is 9.88. The Morgan fingerprint density at radius 2 is 2.13 bits per heavy atom. The molecule has 0 bridgehead atoms. The molecule has 1 aliphatic carbocycles. The van der Waals surface area contributed by atoms with Crippen molar-refractivity contribution >= 4 is 0 Å². The molecule has 0 spiro atoms. The molecule has 0 radical (unpaired) electrons. The lowest BCUT2D eigenvalue weighted by molar-refractivity contribution is 0.389. The van der Waals surface area contributed by atoms with E-state index >= 15 is 0 Å². The second kappa shape index (κ2) is 3.49. The lowest BCUT2D eigenvalue weighted by Crippen LogP contribution is -2.32. The van der Waals surface area contributed by atoms with Crippen LogP contribution >= 0.6 is 0 Å². The third kappa shape index (κ3) is 1.51. The van der Waals surface area contributed by atoms with Gasteiger partial charge in [-0.05, 0) is 31.9 Å². The van der Waals surface area contributed by atoms with Crippen LogP contribution < -0.4 is 10.5 Å². The fraction of sp³-hybridized carbons (Fsp3) is 0.500. The minimum absolute atomic E-state index is 0.0386. The van der Waals surface area contributed by atoms with Gasteiger partial charge in [-0.15, -0.1) is 0 Å². The SMILES string of the molecule is COc1cccc(F)c1C1(C(C)N)CC1. The highest BCUT2D eigenvalue weighted by atomic mass is 19.1. The number of hydrogen-bond donors (Lipinski definition) is 1. The molecule has 0 saturated heterocycles. The zero-order valence-corrected chi connectivity index (χ0v) is 9.09. The molecular formula is C12H16FNO. The van der Waals surface area contributed by atoms with Crippen molar-refractivity contribution in [2.24, 2.45) is 5.73 Å². The summed E-state index contributed by atoms with van der Waals surface area (Å²) in [6.45, 7) is 1.93. The summed E-state index contributed by atoms with van der Waals surface area (Å²) in [6, 6.07) is 4.89. The summed E-state index contributed by atoms with van der Waals surface area (Å²) in [6.07, 6.45) is 1.89. The highest BCUT2D eigenvalue weighted by molar-refractivity contribution is 5.45. The van der Waals surface area contributed by atoms with Crippen LogP contribution in [0.5, 0.6) is 5.75 Å². The molecule has 15 heavy (non-hydrogen) atoms. The van der Waals surface area contributed by atoms with Crippen LogP contribution in [0.25, 0.3) is 0 Å². The van der Waals surface area contributed by atoms with Crippen molar-refractivity contribution in [2.75, 3.05) is 7.11 Å². The number of hydrogen-bond acceptors (Lipinski definition) is 2. The van der Waals surface area contributed by atoms with E-state index in [2.05, 4.69) is 0 Å².